The normalized spacial score (nSPS) is 10.2. The Morgan fingerprint density at radius 2 is 1.77 bits per heavy atom. The second kappa shape index (κ2) is 7.00. The molecule has 22 heavy (non-hydrogen) atoms. The summed E-state index contributed by atoms with van der Waals surface area (Å²) in [5.74, 6) is -3.12. The summed E-state index contributed by atoms with van der Waals surface area (Å²) in [4.78, 5) is 35.8. The van der Waals surface area contributed by atoms with Crippen molar-refractivity contribution in [1.82, 2.24) is 0 Å². The number of hydrogen-bond acceptors (Lipinski definition) is 5. The average molecular weight is 317 g/mol. The highest BCUT2D eigenvalue weighted by Crippen LogP contribution is 2.27. The number of ketones is 2. The third kappa shape index (κ3) is 4.02. The maximum atomic E-state index is 11.9. The fraction of sp³-hybridized carbons (Fsp3) is 0.188. The van der Waals surface area contributed by atoms with Crippen LogP contribution in [0.1, 0.15) is 21.7 Å². The first-order chi connectivity index (χ1) is 10.5. The molecule has 0 saturated carbocycles. The van der Waals surface area contributed by atoms with Crippen LogP contribution in [0.25, 0.3) is 0 Å². The maximum Gasteiger partial charge on any atom is 0.372 e. The van der Waals surface area contributed by atoms with Gasteiger partial charge in [0, 0.05) is 13.6 Å². The molecule has 0 spiro atoms. The van der Waals surface area contributed by atoms with E-state index in [0.29, 0.717) is 11.4 Å². The number of carboxylic acid groups (broad SMARTS) is 1. The first-order valence-corrected chi connectivity index (χ1v) is 7.43. The van der Waals surface area contributed by atoms with E-state index < -0.39 is 24.0 Å². The van der Waals surface area contributed by atoms with Gasteiger partial charge in [0.05, 0.1) is 16.3 Å². The van der Waals surface area contributed by atoms with Gasteiger partial charge in [-0.3, -0.25) is 9.59 Å². The number of benzene rings is 1. The minimum Gasteiger partial charge on any atom is -0.475 e. The number of carboxylic acids is 1. The van der Waals surface area contributed by atoms with Gasteiger partial charge in [-0.1, -0.05) is 30.3 Å². The van der Waals surface area contributed by atoms with E-state index in [9.17, 15) is 14.4 Å². The van der Waals surface area contributed by atoms with E-state index in [-0.39, 0.29) is 0 Å². The Kier molecular flexibility index (Phi) is 5.06. The van der Waals surface area contributed by atoms with Gasteiger partial charge in [0.1, 0.15) is 0 Å². The molecule has 5 nitrogen and oxygen atoms in total. The molecule has 6 heteroatoms. The van der Waals surface area contributed by atoms with Crippen LogP contribution in [0, 0.1) is 0 Å². The van der Waals surface area contributed by atoms with Crippen molar-refractivity contribution >= 4 is 33.9 Å². The molecule has 1 heterocycles. The third-order valence-electron chi connectivity index (χ3n) is 3.07. The summed E-state index contributed by atoms with van der Waals surface area (Å²) in [6.45, 7) is 0.697. The van der Waals surface area contributed by atoms with Gasteiger partial charge in [-0.05, 0) is 17.7 Å². The standard InChI is InChI=1S/C16H15NO4S/c1-17(10-11-5-3-2-4-6-11)15-8-7-14(22-15)12(18)9-13(19)16(20)21/h2-8H,9-10H2,1H3,(H,20,21). The molecular formula is C16H15NO4S. The lowest BCUT2D eigenvalue weighted by atomic mass is 10.2. The largest absolute Gasteiger partial charge is 0.475 e. The van der Waals surface area contributed by atoms with E-state index in [4.69, 9.17) is 5.11 Å². The minimum absolute atomic E-state index is 0.393. The van der Waals surface area contributed by atoms with Crippen LogP contribution in [0.5, 0.6) is 0 Å². The van der Waals surface area contributed by atoms with Crippen molar-refractivity contribution in [3.05, 3.63) is 52.9 Å². The average Bonchev–Trinajstić information content (AvgIpc) is 2.98. The summed E-state index contributed by atoms with van der Waals surface area (Å²) < 4.78 is 0. The zero-order valence-electron chi connectivity index (χ0n) is 12.0. The molecule has 2 rings (SSSR count). The highest BCUT2D eigenvalue weighted by molar-refractivity contribution is 7.18. The van der Waals surface area contributed by atoms with Gasteiger partial charge in [0.2, 0.25) is 5.78 Å². The molecule has 1 aromatic heterocycles. The Bertz CT molecular complexity index is 693. The van der Waals surface area contributed by atoms with Gasteiger partial charge in [-0.25, -0.2) is 4.79 Å². The molecule has 0 atom stereocenters. The number of carbonyl (C=O) groups is 3. The maximum absolute atomic E-state index is 11.9. The predicted molar refractivity (Wildman–Crippen MR) is 84.5 cm³/mol. The molecule has 0 saturated heterocycles. The third-order valence-corrected chi connectivity index (χ3v) is 4.31. The first kappa shape index (κ1) is 15.9. The molecular weight excluding hydrogens is 302 g/mol. The predicted octanol–water partition coefficient (Wildman–Crippen LogP) is 2.61. The zero-order valence-corrected chi connectivity index (χ0v) is 12.8. The van der Waals surface area contributed by atoms with Crippen molar-refractivity contribution in [2.45, 2.75) is 13.0 Å². The molecule has 1 aromatic carbocycles. The van der Waals surface area contributed by atoms with Crippen molar-refractivity contribution in [3.63, 3.8) is 0 Å². The zero-order chi connectivity index (χ0) is 16.1. The molecule has 0 amide bonds. The van der Waals surface area contributed by atoms with Gasteiger partial charge in [-0.15, -0.1) is 11.3 Å². The monoisotopic (exact) mass is 317 g/mol. The summed E-state index contributed by atoms with van der Waals surface area (Å²) in [5, 5.41) is 9.41. The molecule has 0 unspecified atom stereocenters. The summed E-state index contributed by atoms with van der Waals surface area (Å²) in [7, 11) is 1.91. The lowest BCUT2D eigenvalue weighted by Crippen LogP contribution is -2.16. The number of carbonyl (C=O) groups excluding carboxylic acids is 2. The summed E-state index contributed by atoms with van der Waals surface area (Å²) in [5.41, 5.74) is 1.15. The minimum atomic E-state index is -1.58. The van der Waals surface area contributed by atoms with E-state index in [2.05, 4.69) is 0 Å². The summed E-state index contributed by atoms with van der Waals surface area (Å²) in [6, 6.07) is 13.3. The second-order valence-corrected chi connectivity index (χ2v) is 5.87. The Morgan fingerprint density at radius 1 is 1.09 bits per heavy atom. The summed E-state index contributed by atoms with van der Waals surface area (Å²) >= 11 is 1.25. The Morgan fingerprint density at radius 3 is 2.41 bits per heavy atom. The number of thiophene rings is 1. The first-order valence-electron chi connectivity index (χ1n) is 6.61. The van der Waals surface area contributed by atoms with Crippen molar-refractivity contribution in [2.75, 3.05) is 11.9 Å². The highest BCUT2D eigenvalue weighted by atomic mass is 32.1. The van der Waals surface area contributed by atoms with E-state index >= 15 is 0 Å². The molecule has 2 aromatic rings. The smallest absolute Gasteiger partial charge is 0.372 e. The second-order valence-electron chi connectivity index (χ2n) is 4.81. The molecule has 0 fully saturated rings. The van der Waals surface area contributed by atoms with Gasteiger partial charge in [0.25, 0.3) is 0 Å². The van der Waals surface area contributed by atoms with Gasteiger partial charge in [-0.2, -0.15) is 0 Å². The lowest BCUT2D eigenvalue weighted by Gasteiger charge is -2.16. The number of anilines is 1. The fourth-order valence-electron chi connectivity index (χ4n) is 1.93. The number of Topliss-reactive ketones (excluding diaryl/α,β-unsaturated/α-hetero) is 2. The van der Waals surface area contributed by atoms with Crippen molar-refractivity contribution in [1.29, 1.82) is 0 Å². The van der Waals surface area contributed by atoms with E-state index in [0.717, 1.165) is 10.6 Å². The topological polar surface area (TPSA) is 74.7 Å². The van der Waals surface area contributed by atoms with E-state index in [1.54, 1.807) is 12.1 Å². The molecule has 1 N–H and O–H groups in total. The van der Waals surface area contributed by atoms with Gasteiger partial charge >= 0.3 is 5.97 Å². The molecule has 0 aliphatic heterocycles. The van der Waals surface area contributed by atoms with Crippen molar-refractivity contribution < 1.29 is 19.5 Å². The van der Waals surface area contributed by atoms with Crippen LogP contribution in [0.4, 0.5) is 5.00 Å². The van der Waals surface area contributed by atoms with E-state index in [1.807, 2.05) is 42.3 Å². The molecule has 0 radical (unpaired) electrons. The molecule has 0 bridgehead atoms. The fourth-order valence-corrected chi connectivity index (χ4v) is 2.83. The van der Waals surface area contributed by atoms with Gasteiger partial charge < -0.3 is 10.0 Å². The van der Waals surface area contributed by atoms with Crippen LogP contribution >= 0.6 is 11.3 Å². The van der Waals surface area contributed by atoms with Crippen LogP contribution in [0.15, 0.2) is 42.5 Å². The van der Waals surface area contributed by atoms with Crippen LogP contribution < -0.4 is 4.90 Å². The number of aliphatic carboxylic acids is 1. The Hall–Kier alpha value is -2.47. The van der Waals surface area contributed by atoms with E-state index in [1.165, 1.54) is 11.3 Å². The van der Waals surface area contributed by atoms with Crippen LogP contribution in [0.2, 0.25) is 0 Å². The summed E-state index contributed by atoms with van der Waals surface area (Å²) in [6.07, 6.45) is -0.600. The molecule has 114 valence electrons. The molecule has 0 aliphatic carbocycles. The van der Waals surface area contributed by atoms with Crippen molar-refractivity contribution in [2.24, 2.45) is 0 Å². The van der Waals surface area contributed by atoms with Crippen LogP contribution in [-0.2, 0) is 16.1 Å². The van der Waals surface area contributed by atoms with Crippen LogP contribution in [0.3, 0.4) is 0 Å². The number of hydrogen-bond donors (Lipinski definition) is 1. The highest BCUT2D eigenvalue weighted by Gasteiger charge is 2.19. The number of rotatable bonds is 7. The molecule has 0 aliphatic rings. The Balaban J connectivity index is 2.03. The van der Waals surface area contributed by atoms with Gasteiger partial charge in [0.15, 0.2) is 5.78 Å². The van der Waals surface area contributed by atoms with Crippen LogP contribution in [-0.4, -0.2) is 29.7 Å². The SMILES string of the molecule is CN(Cc1ccccc1)c1ccc(C(=O)CC(=O)C(=O)O)s1. The Labute approximate surface area is 131 Å². The van der Waals surface area contributed by atoms with Crippen molar-refractivity contribution in [3.8, 4) is 0 Å². The lowest BCUT2D eigenvalue weighted by molar-refractivity contribution is -0.148. The quantitative estimate of drug-likeness (QED) is 0.483. The number of nitrogens with zero attached hydrogens (tertiary/aromatic N) is 1.